The van der Waals surface area contributed by atoms with Gasteiger partial charge in [0.15, 0.2) is 0 Å². The Morgan fingerprint density at radius 3 is 2.34 bits per heavy atom. The molecule has 0 atom stereocenters. The summed E-state index contributed by atoms with van der Waals surface area (Å²) in [5, 5.41) is 1.20. The molecule has 5 rings (SSSR count). The molecule has 0 N–H and O–H groups in total. The predicted octanol–water partition coefficient (Wildman–Crippen LogP) is 5.74. The molecule has 0 fully saturated rings. The number of methoxy groups -OCH3 is 1. The summed E-state index contributed by atoms with van der Waals surface area (Å²) < 4.78 is 22.1. The second kappa shape index (κ2) is 7.74. The lowest BCUT2D eigenvalue weighted by atomic mass is 10.0. The third kappa shape index (κ3) is 3.41. The van der Waals surface area contributed by atoms with Crippen LogP contribution in [0.2, 0.25) is 0 Å². The van der Waals surface area contributed by atoms with Crippen LogP contribution in [0, 0.1) is 6.92 Å². The number of aryl methyl sites for hydroxylation is 1. The van der Waals surface area contributed by atoms with Crippen molar-refractivity contribution in [1.29, 1.82) is 0 Å². The number of hydrogen-bond acceptors (Lipinski definition) is 6. The van der Waals surface area contributed by atoms with Crippen LogP contribution in [0.3, 0.4) is 0 Å². The lowest BCUT2D eigenvalue weighted by molar-refractivity contribution is 0.0704. The maximum absolute atomic E-state index is 13.1. The number of rotatable bonds is 4. The molecular formula is C26H18O6. The molecule has 0 saturated carbocycles. The zero-order valence-corrected chi connectivity index (χ0v) is 17.4. The highest BCUT2D eigenvalue weighted by atomic mass is 16.5. The molecule has 0 bridgehead atoms. The summed E-state index contributed by atoms with van der Waals surface area (Å²) >= 11 is 0. The number of para-hydroxylation sites is 1. The van der Waals surface area contributed by atoms with Gasteiger partial charge < -0.3 is 18.3 Å². The van der Waals surface area contributed by atoms with Gasteiger partial charge in [0, 0.05) is 11.5 Å². The largest absolute Gasteiger partial charge is 0.497 e. The molecule has 0 aliphatic rings. The molecule has 6 heteroatoms. The van der Waals surface area contributed by atoms with Crippen molar-refractivity contribution in [3.05, 3.63) is 94.5 Å². The Morgan fingerprint density at radius 1 is 0.844 bits per heavy atom. The standard InChI is InChI=1S/C26H18O6/c1-15-24(16-7-9-18(29-2)10-8-16)25(27)20-12-11-19(14-22(20)30-15)31-26(28)23-13-17-5-3-4-6-21(17)32-23/h3-14H,1-2H3. The molecule has 0 spiro atoms. The lowest BCUT2D eigenvalue weighted by Crippen LogP contribution is -2.09. The summed E-state index contributed by atoms with van der Waals surface area (Å²) in [5.74, 6) is 0.886. The van der Waals surface area contributed by atoms with Gasteiger partial charge in [-0.25, -0.2) is 4.79 Å². The van der Waals surface area contributed by atoms with Crippen molar-refractivity contribution in [2.24, 2.45) is 0 Å². The van der Waals surface area contributed by atoms with Gasteiger partial charge in [-0.05, 0) is 48.9 Å². The minimum absolute atomic E-state index is 0.0961. The first-order chi connectivity index (χ1) is 15.5. The third-order valence-corrected chi connectivity index (χ3v) is 5.26. The summed E-state index contributed by atoms with van der Waals surface area (Å²) in [7, 11) is 1.59. The molecule has 32 heavy (non-hydrogen) atoms. The lowest BCUT2D eigenvalue weighted by Gasteiger charge is -2.09. The molecule has 2 aromatic heterocycles. The second-order valence-corrected chi connectivity index (χ2v) is 7.29. The van der Waals surface area contributed by atoms with Gasteiger partial charge in [-0.15, -0.1) is 0 Å². The van der Waals surface area contributed by atoms with Crippen molar-refractivity contribution >= 4 is 27.9 Å². The molecule has 0 unspecified atom stereocenters. The summed E-state index contributed by atoms with van der Waals surface area (Å²) in [4.78, 5) is 25.7. The molecule has 2 heterocycles. The number of hydrogen-bond donors (Lipinski definition) is 0. The van der Waals surface area contributed by atoms with Crippen LogP contribution in [0.15, 0.2) is 86.4 Å². The summed E-state index contributed by atoms with van der Waals surface area (Å²) in [6, 6.07) is 20.8. The van der Waals surface area contributed by atoms with Crippen molar-refractivity contribution in [3.63, 3.8) is 0 Å². The van der Waals surface area contributed by atoms with Gasteiger partial charge in [-0.2, -0.15) is 0 Å². The van der Waals surface area contributed by atoms with Gasteiger partial charge in [0.1, 0.15) is 28.4 Å². The zero-order valence-electron chi connectivity index (χ0n) is 17.4. The molecular weight excluding hydrogens is 408 g/mol. The topological polar surface area (TPSA) is 78.9 Å². The van der Waals surface area contributed by atoms with Crippen LogP contribution < -0.4 is 14.9 Å². The maximum atomic E-state index is 13.1. The van der Waals surface area contributed by atoms with Crippen LogP contribution in [0.5, 0.6) is 11.5 Å². The van der Waals surface area contributed by atoms with E-state index in [0.29, 0.717) is 33.6 Å². The summed E-state index contributed by atoms with van der Waals surface area (Å²) in [6.45, 7) is 1.73. The van der Waals surface area contributed by atoms with Crippen LogP contribution in [0.1, 0.15) is 16.3 Å². The minimum atomic E-state index is -0.630. The number of benzene rings is 3. The molecule has 0 saturated heterocycles. The number of esters is 1. The summed E-state index contributed by atoms with van der Waals surface area (Å²) in [5.41, 5.74) is 1.99. The third-order valence-electron chi connectivity index (χ3n) is 5.26. The molecule has 158 valence electrons. The van der Waals surface area contributed by atoms with Gasteiger partial charge in [0.2, 0.25) is 11.2 Å². The number of fused-ring (bicyclic) bond motifs is 2. The average molecular weight is 426 g/mol. The van der Waals surface area contributed by atoms with Crippen LogP contribution in [-0.2, 0) is 0 Å². The van der Waals surface area contributed by atoms with E-state index in [-0.39, 0.29) is 16.9 Å². The highest BCUT2D eigenvalue weighted by Crippen LogP contribution is 2.28. The molecule has 0 aliphatic carbocycles. The predicted molar refractivity (Wildman–Crippen MR) is 120 cm³/mol. The Labute approximate surface area is 182 Å². The van der Waals surface area contributed by atoms with Gasteiger partial charge in [0.25, 0.3) is 0 Å². The van der Waals surface area contributed by atoms with Gasteiger partial charge in [-0.3, -0.25) is 4.79 Å². The number of furan rings is 1. The van der Waals surface area contributed by atoms with Crippen molar-refractivity contribution in [2.75, 3.05) is 7.11 Å². The molecule has 0 aliphatic heterocycles. The van der Waals surface area contributed by atoms with Crippen LogP contribution in [0.4, 0.5) is 0 Å². The van der Waals surface area contributed by atoms with E-state index < -0.39 is 5.97 Å². The van der Waals surface area contributed by atoms with E-state index in [1.165, 1.54) is 6.07 Å². The second-order valence-electron chi connectivity index (χ2n) is 7.29. The zero-order chi connectivity index (χ0) is 22.2. The Bertz CT molecular complexity index is 1490. The van der Waals surface area contributed by atoms with Crippen LogP contribution in [0.25, 0.3) is 33.1 Å². The van der Waals surface area contributed by atoms with Gasteiger partial charge in [-0.1, -0.05) is 30.3 Å². The number of carbonyl (C=O) groups excluding carboxylic acids is 1. The fraction of sp³-hybridized carbons (Fsp3) is 0.0769. The highest BCUT2D eigenvalue weighted by molar-refractivity contribution is 5.94. The van der Waals surface area contributed by atoms with Gasteiger partial charge >= 0.3 is 5.97 Å². The summed E-state index contributed by atoms with van der Waals surface area (Å²) in [6.07, 6.45) is 0. The van der Waals surface area contributed by atoms with Crippen molar-refractivity contribution in [1.82, 2.24) is 0 Å². The van der Waals surface area contributed by atoms with E-state index >= 15 is 0 Å². The van der Waals surface area contributed by atoms with Crippen LogP contribution >= 0.6 is 0 Å². The quantitative estimate of drug-likeness (QED) is 0.269. The molecule has 0 amide bonds. The molecule has 5 aromatic rings. The Morgan fingerprint density at radius 2 is 1.59 bits per heavy atom. The van der Waals surface area contributed by atoms with Crippen molar-refractivity contribution in [3.8, 4) is 22.6 Å². The molecule has 0 radical (unpaired) electrons. The normalized spacial score (nSPS) is 11.1. The maximum Gasteiger partial charge on any atom is 0.379 e. The van der Waals surface area contributed by atoms with Crippen LogP contribution in [-0.4, -0.2) is 13.1 Å². The van der Waals surface area contributed by atoms with E-state index in [1.54, 1.807) is 50.4 Å². The Kier molecular flexibility index (Phi) is 4.75. The van der Waals surface area contributed by atoms with Crippen molar-refractivity contribution < 1.29 is 23.1 Å². The van der Waals surface area contributed by atoms with Gasteiger partial charge in [0.05, 0.1) is 18.1 Å². The first-order valence-corrected chi connectivity index (χ1v) is 9.96. The minimum Gasteiger partial charge on any atom is -0.497 e. The molecule has 6 nitrogen and oxygen atoms in total. The fourth-order valence-corrected chi connectivity index (χ4v) is 3.68. The highest BCUT2D eigenvalue weighted by Gasteiger charge is 2.17. The molecule has 3 aromatic carbocycles. The SMILES string of the molecule is COc1ccc(-c2c(C)oc3cc(OC(=O)c4cc5ccccc5o4)ccc3c2=O)cc1. The average Bonchev–Trinajstić information content (AvgIpc) is 3.24. The van der Waals surface area contributed by atoms with E-state index in [0.717, 1.165) is 10.9 Å². The van der Waals surface area contributed by atoms with Crippen molar-refractivity contribution in [2.45, 2.75) is 6.92 Å². The Balaban J connectivity index is 1.48. The smallest absolute Gasteiger partial charge is 0.379 e. The first-order valence-electron chi connectivity index (χ1n) is 9.96. The monoisotopic (exact) mass is 426 g/mol. The van der Waals surface area contributed by atoms with E-state index in [1.807, 2.05) is 30.3 Å². The van der Waals surface area contributed by atoms with E-state index in [9.17, 15) is 9.59 Å². The Hall–Kier alpha value is -4.32. The fourth-order valence-electron chi connectivity index (χ4n) is 3.68. The number of ether oxygens (including phenoxy) is 2. The van der Waals surface area contributed by atoms with E-state index in [4.69, 9.17) is 18.3 Å². The first kappa shape index (κ1) is 19.6. The van der Waals surface area contributed by atoms with E-state index in [2.05, 4.69) is 0 Å². The number of carbonyl (C=O) groups is 1.